The highest BCUT2D eigenvalue weighted by atomic mass is 19.1. The number of hydrogen-bond acceptors (Lipinski definition) is 7. The van der Waals surface area contributed by atoms with E-state index < -0.39 is 29.7 Å². The number of aromatic amines is 1. The average Bonchev–Trinajstić information content (AvgIpc) is 3.66. The number of H-pyrrole nitrogens is 1. The number of ether oxygens (including phenoxy) is 1. The van der Waals surface area contributed by atoms with Crippen LogP contribution in [-0.2, 0) is 25.6 Å². The van der Waals surface area contributed by atoms with Gasteiger partial charge in [-0.2, -0.15) is 0 Å². The number of nitrogens with zero attached hydrogens (tertiary/aromatic N) is 4. The fourth-order valence-electron chi connectivity index (χ4n) is 6.38. The Bertz CT molecular complexity index is 1710. The molecule has 0 aliphatic carbocycles. The third-order valence-electron chi connectivity index (χ3n) is 9.11. The average molecular weight is 678 g/mol. The molecule has 1 saturated heterocycles. The van der Waals surface area contributed by atoms with Gasteiger partial charge >= 0.3 is 0 Å². The summed E-state index contributed by atoms with van der Waals surface area (Å²) in [5.41, 5.74) is 1.70. The molecule has 1 fully saturated rings. The number of amides is 5. The van der Waals surface area contributed by atoms with Crippen molar-refractivity contribution in [2.24, 2.45) is 0 Å². The van der Waals surface area contributed by atoms with Gasteiger partial charge in [0.1, 0.15) is 24.2 Å². The minimum absolute atomic E-state index is 0.0181. The Morgan fingerprint density at radius 3 is 2.63 bits per heavy atom. The lowest BCUT2D eigenvalue weighted by Crippen LogP contribution is -2.49. The number of para-hydroxylation sites is 1. The van der Waals surface area contributed by atoms with E-state index in [1.807, 2.05) is 49.5 Å². The van der Waals surface area contributed by atoms with Crippen LogP contribution in [0.3, 0.4) is 0 Å². The number of benzene rings is 2. The van der Waals surface area contributed by atoms with E-state index in [1.54, 1.807) is 4.90 Å². The Morgan fingerprint density at radius 2 is 1.86 bits per heavy atom. The van der Waals surface area contributed by atoms with Crippen molar-refractivity contribution in [3.63, 3.8) is 0 Å². The molecule has 14 heteroatoms. The molecule has 13 nitrogen and oxygen atoms in total. The molecule has 49 heavy (non-hydrogen) atoms. The van der Waals surface area contributed by atoms with Crippen molar-refractivity contribution in [1.29, 1.82) is 0 Å². The first-order valence-electron chi connectivity index (χ1n) is 16.4. The zero-order valence-electron chi connectivity index (χ0n) is 28.3. The topological polar surface area (TPSA) is 147 Å². The normalized spacial score (nSPS) is 20.8. The first-order chi connectivity index (χ1) is 23.4. The van der Waals surface area contributed by atoms with E-state index in [2.05, 4.69) is 15.6 Å². The molecule has 3 aromatic rings. The van der Waals surface area contributed by atoms with Crippen LogP contribution in [0.2, 0.25) is 0 Å². The lowest BCUT2D eigenvalue weighted by Gasteiger charge is -2.28. The second-order valence-corrected chi connectivity index (χ2v) is 13.0. The summed E-state index contributed by atoms with van der Waals surface area (Å²) in [6, 6.07) is 9.34. The standard InChI is InChI=1S/C35H44FN7O6/c1-40(2)14-13-37-34(47)29-10-12-32(45)41(3)20-33(46)43-19-24(39-31(44)15-22-18-38-28-8-6-5-7-26(22)28)17-25(43)21-49-30-11-9-23(36)16-27(30)35(48)42(29)4/h5-9,11,16,18,24-25,29,38H,10,12-15,17,19-21H2,1-4H3,(H,37,47)(H,39,44)/t24-,25-,29-/m0/s1. The zero-order chi connectivity index (χ0) is 35.2. The molecule has 0 bridgehead atoms. The molecule has 262 valence electrons. The molecule has 5 amide bonds. The number of halogens is 1. The van der Waals surface area contributed by atoms with Gasteiger partial charge in [-0.1, -0.05) is 18.2 Å². The maximum Gasteiger partial charge on any atom is 0.258 e. The minimum Gasteiger partial charge on any atom is -0.491 e. The van der Waals surface area contributed by atoms with Crippen LogP contribution < -0.4 is 15.4 Å². The molecule has 0 unspecified atom stereocenters. The van der Waals surface area contributed by atoms with Crippen LogP contribution in [0.15, 0.2) is 48.7 Å². The van der Waals surface area contributed by atoms with Crippen LogP contribution in [-0.4, -0.2) is 133 Å². The summed E-state index contributed by atoms with van der Waals surface area (Å²) in [7, 11) is 6.67. The highest BCUT2D eigenvalue weighted by Gasteiger charge is 2.38. The van der Waals surface area contributed by atoms with Crippen molar-refractivity contribution in [1.82, 2.24) is 35.2 Å². The lowest BCUT2D eigenvalue weighted by molar-refractivity contribution is -0.140. The van der Waals surface area contributed by atoms with Gasteiger partial charge in [-0.25, -0.2) is 4.39 Å². The quantitative estimate of drug-likeness (QED) is 0.343. The number of nitrogens with one attached hydrogen (secondary N) is 3. The molecule has 0 spiro atoms. The Labute approximate surface area is 284 Å². The first kappa shape index (κ1) is 35.3. The molecule has 3 N–H and O–H groups in total. The largest absolute Gasteiger partial charge is 0.491 e. The van der Waals surface area contributed by atoms with Gasteiger partial charge < -0.3 is 40.0 Å². The molecular formula is C35H44FN7O6. The van der Waals surface area contributed by atoms with Gasteiger partial charge in [-0.15, -0.1) is 0 Å². The van der Waals surface area contributed by atoms with Gasteiger partial charge in [0.25, 0.3) is 5.91 Å². The van der Waals surface area contributed by atoms with Crippen LogP contribution in [0.1, 0.15) is 35.2 Å². The highest BCUT2D eigenvalue weighted by molar-refractivity contribution is 5.99. The van der Waals surface area contributed by atoms with Crippen LogP contribution in [0.5, 0.6) is 5.75 Å². The lowest BCUT2D eigenvalue weighted by atomic mass is 10.1. The third-order valence-corrected chi connectivity index (χ3v) is 9.11. The molecule has 3 atom stereocenters. The fraction of sp³-hybridized carbons (Fsp3) is 0.457. The van der Waals surface area contributed by atoms with E-state index in [9.17, 15) is 28.4 Å². The van der Waals surface area contributed by atoms with Crippen molar-refractivity contribution < 1.29 is 33.1 Å². The molecule has 0 radical (unpaired) electrons. The van der Waals surface area contributed by atoms with Gasteiger partial charge in [0.05, 0.1) is 24.6 Å². The van der Waals surface area contributed by atoms with E-state index in [-0.39, 0.29) is 74.0 Å². The van der Waals surface area contributed by atoms with Gasteiger partial charge in [0.15, 0.2) is 0 Å². The molecule has 2 aliphatic rings. The number of rotatable bonds is 7. The maximum atomic E-state index is 14.5. The van der Waals surface area contributed by atoms with Crippen molar-refractivity contribution in [2.75, 3.05) is 61.0 Å². The van der Waals surface area contributed by atoms with E-state index in [4.69, 9.17) is 4.74 Å². The van der Waals surface area contributed by atoms with E-state index in [1.165, 1.54) is 36.0 Å². The second kappa shape index (κ2) is 15.5. The summed E-state index contributed by atoms with van der Waals surface area (Å²) in [6.07, 6.45) is 2.19. The van der Waals surface area contributed by atoms with Gasteiger partial charge in [-0.05, 0) is 56.8 Å². The van der Waals surface area contributed by atoms with Crippen LogP contribution in [0, 0.1) is 5.82 Å². The van der Waals surface area contributed by atoms with Crippen molar-refractivity contribution in [3.8, 4) is 5.75 Å². The Kier molecular flexibility index (Phi) is 11.2. The number of carbonyl (C=O) groups excluding carboxylic acids is 5. The molecular weight excluding hydrogens is 633 g/mol. The number of likely N-dealkylation sites (N-methyl/N-ethyl adjacent to an activating group) is 3. The summed E-state index contributed by atoms with van der Waals surface area (Å²) >= 11 is 0. The minimum atomic E-state index is -1.04. The van der Waals surface area contributed by atoms with Gasteiger partial charge in [0, 0.05) is 63.3 Å². The summed E-state index contributed by atoms with van der Waals surface area (Å²) in [4.78, 5) is 76.3. The van der Waals surface area contributed by atoms with E-state index in [0.717, 1.165) is 22.5 Å². The zero-order valence-corrected chi connectivity index (χ0v) is 28.3. The molecule has 5 rings (SSSR count). The summed E-state index contributed by atoms with van der Waals surface area (Å²) in [5.74, 6) is -2.59. The SMILES string of the molecule is CN(C)CCNC(=O)[C@@H]1CCC(=O)N(C)CC(=O)N2C[C@@H](NC(=O)Cc3c[nH]c4ccccc34)C[C@H]2COc2ccc(F)cc2C(=O)N1C. The van der Waals surface area contributed by atoms with Crippen LogP contribution >= 0.6 is 0 Å². The summed E-state index contributed by atoms with van der Waals surface area (Å²) in [5, 5.41) is 6.82. The number of fused-ring (bicyclic) bond motifs is 3. The Hall–Kier alpha value is -4.98. The molecule has 3 heterocycles. The number of aromatic nitrogens is 1. The van der Waals surface area contributed by atoms with Gasteiger partial charge in [-0.3, -0.25) is 24.0 Å². The van der Waals surface area contributed by atoms with Crippen LogP contribution in [0.25, 0.3) is 10.9 Å². The van der Waals surface area contributed by atoms with Crippen molar-refractivity contribution >= 4 is 40.4 Å². The maximum absolute atomic E-state index is 14.5. The molecule has 1 aromatic heterocycles. The molecule has 2 aromatic carbocycles. The Balaban J connectivity index is 1.36. The van der Waals surface area contributed by atoms with Crippen molar-refractivity contribution in [2.45, 2.75) is 43.8 Å². The third kappa shape index (κ3) is 8.55. The number of hydrogen-bond donors (Lipinski definition) is 3. The fourth-order valence-corrected chi connectivity index (χ4v) is 6.38. The van der Waals surface area contributed by atoms with Gasteiger partial charge in [0.2, 0.25) is 23.6 Å². The van der Waals surface area contributed by atoms with E-state index in [0.29, 0.717) is 19.5 Å². The monoisotopic (exact) mass is 677 g/mol. The Morgan fingerprint density at radius 1 is 1.08 bits per heavy atom. The number of carbonyl (C=O) groups is 5. The van der Waals surface area contributed by atoms with Crippen LogP contribution in [0.4, 0.5) is 4.39 Å². The summed E-state index contributed by atoms with van der Waals surface area (Å²) in [6.45, 7) is 0.808. The predicted octanol–water partition coefficient (Wildman–Crippen LogP) is 1.38. The van der Waals surface area contributed by atoms with E-state index >= 15 is 0 Å². The predicted molar refractivity (Wildman–Crippen MR) is 180 cm³/mol. The second-order valence-electron chi connectivity index (χ2n) is 13.0. The smallest absolute Gasteiger partial charge is 0.258 e. The van der Waals surface area contributed by atoms with Crippen molar-refractivity contribution in [3.05, 3.63) is 65.6 Å². The highest BCUT2D eigenvalue weighted by Crippen LogP contribution is 2.26. The molecule has 0 saturated carbocycles. The first-order valence-corrected chi connectivity index (χ1v) is 16.4. The molecule has 2 aliphatic heterocycles. The summed E-state index contributed by atoms with van der Waals surface area (Å²) < 4.78 is 20.6.